The molecule has 0 unspecified atom stereocenters. The lowest BCUT2D eigenvalue weighted by atomic mass is 9.45. The van der Waals surface area contributed by atoms with E-state index in [4.69, 9.17) is 14.2 Å². The van der Waals surface area contributed by atoms with Crippen molar-refractivity contribution in [1.82, 2.24) is 0 Å². The summed E-state index contributed by atoms with van der Waals surface area (Å²) in [7, 11) is 0. The van der Waals surface area contributed by atoms with Gasteiger partial charge in [-0.1, -0.05) is 393 Å². The van der Waals surface area contributed by atoms with E-state index >= 15 is 0 Å². The van der Waals surface area contributed by atoms with E-state index in [2.05, 4.69) is 374 Å². The van der Waals surface area contributed by atoms with Gasteiger partial charge < -0.3 is 14.2 Å². The number of hydrogen-bond acceptors (Lipinski definition) is 3. The fraction of sp³-hybridized carbons (Fsp3) is 1.00. The van der Waals surface area contributed by atoms with Crippen LogP contribution in [0.1, 0.15) is 509 Å². The fourth-order valence-electron chi connectivity index (χ4n) is 22.9. The lowest BCUT2D eigenvalue weighted by Gasteiger charge is -2.60. The predicted molar refractivity (Wildman–Crippen MR) is 502 cm³/mol. The third-order valence-corrected chi connectivity index (χ3v) is 31.9. The molecular formula is C108H216O3. The molecule has 9 rings (SSSR count). The standard InChI is InChI=1S/2C13H26.2C12H24O.3C12H24.C11H22O.C11H22/c2*1-11(2,3)10-13(8-7-9-13)12(4,5)6;2*1-10(2,3)7-12(8-13-9-12)11(4,5)6;2*1-10(2,3)9-12(7-8-12)11(4,5)6;1-10(2,3)12(8-7-9-12)11(4,5)6;1-9(2,3)11(7-12-8-11)10(4,5)6;1-9(2,3)11(7-8-11)10(4,5)6/h2*7-10H2,1-6H3;2*7-9H2,1-6H3;3*7-9H2,1-6H3;7-8H2,1-6H3;7-8H2,1-6H3. The summed E-state index contributed by atoms with van der Waals surface area (Å²) in [6.45, 7) is 133. The van der Waals surface area contributed by atoms with E-state index in [0.717, 1.165) is 39.6 Å². The Bertz CT molecular complexity index is 2400. The summed E-state index contributed by atoms with van der Waals surface area (Å²) in [5.74, 6) is 0. The van der Waals surface area contributed by atoms with E-state index in [9.17, 15) is 0 Å². The van der Waals surface area contributed by atoms with E-state index in [0.29, 0.717) is 146 Å². The first-order chi connectivity index (χ1) is 48.1. The van der Waals surface area contributed by atoms with Gasteiger partial charge in [-0.3, -0.25) is 0 Å². The zero-order valence-electron chi connectivity index (χ0n) is 87.8. The second kappa shape index (κ2) is 35.4. The van der Waals surface area contributed by atoms with Crippen LogP contribution in [0.4, 0.5) is 0 Å². The average molecular weight is 1560 g/mol. The van der Waals surface area contributed by atoms with Crippen LogP contribution in [0.5, 0.6) is 0 Å². The first-order valence-corrected chi connectivity index (χ1v) is 46.8. The number of hydrogen-bond donors (Lipinski definition) is 0. The van der Waals surface area contributed by atoms with Crippen LogP contribution < -0.4 is 0 Å². The smallest absolute Gasteiger partial charge is 0.0554 e. The molecule has 0 atom stereocenters. The Labute approximate surface area is 704 Å². The minimum absolute atomic E-state index is 0.351. The summed E-state index contributed by atoms with van der Waals surface area (Å²) in [5.41, 5.74) is 13.3. The zero-order valence-corrected chi connectivity index (χ0v) is 87.8. The second-order valence-electron chi connectivity index (χ2n) is 59.9. The Morgan fingerprint density at radius 3 is 0.315 bits per heavy atom. The van der Waals surface area contributed by atoms with Crippen LogP contribution in [0.2, 0.25) is 0 Å². The van der Waals surface area contributed by atoms with Crippen molar-refractivity contribution in [2.45, 2.75) is 509 Å². The van der Waals surface area contributed by atoms with E-state index in [-0.39, 0.29) is 0 Å². The lowest BCUT2D eigenvalue weighted by molar-refractivity contribution is -0.224. The fourth-order valence-corrected chi connectivity index (χ4v) is 22.9. The van der Waals surface area contributed by atoms with Gasteiger partial charge >= 0.3 is 0 Å². The van der Waals surface area contributed by atoms with Crippen molar-refractivity contribution < 1.29 is 14.2 Å². The maximum Gasteiger partial charge on any atom is 0.0554 e. The van der Waals surface area contributed by atoms with Crippen molar-refractivity contribution in [3.05, 3.63) is 0 Å². The molecule has 3 heteroatoms. The molecule has 666 valence electrons. The first-order valence-electron chi connectivity index (χ1n) is 46.8. The lowest BCUT2D eigenvalue weighted by Crippen LogP contribution is -2.59. The number of rotatable bonds is 6. The molecule has 0 bridgehead atoms. The van der Waals surface area contributed by atoms with Crippen molar-refractivity contribution in [1.29, 1.82) is 0 Å². The molecule has 0 aromatic heterocycles. The SMILES string of the molecule is CC(C)(C)C1(C(C)(C)C)CC1.CC(C)(C)C1(C(C)(C)C)CCC1.CC(C)(C)C1(C(C)(C)C)COC1.CC(C)(C)CC1(C(C)(C)C)CC1.CC(C)(C)CC1(C(C)(C)C)CC1.CC(C)(C)CC1(C(C)(C)C)CCC1.CC(C)(C)CC1(C(C)(C)C)CCC1.CC(C)(C)CC1(C(C)(C)C)COC1.CC(C)(C)CC1(C(C)(C)C)COC1. The van der Waals surface area contributed by atoms with E-state index in [1.807, 2.05) is 0 Å². The Balaban J connectivity index is 0.000000625. The molecule has 3 aliphatic heterocycles. The molecule has 9 fully saturated rings. The van der Waals surface area contributed by atoms with Gasteiger partial charge in [0.05, 0.1) is 39.6 Å². The van der Waals surface area contributed by atoms with Crippen LogP contribution in [0.3, 0.4) is 0 Å². The molecule has 0 radical (unpaired) electrons. The zero-order chi connectivity index (χ0) is 88.7. The van der Waals surface area contributed by atoms with Gasteiger partial charge in [0.25, 0.3) is 0 Å². The van der Waals surface area contributed by atoms with Crippen molar-refractivity contribution in [3.8, 4) is 0 Å². The highest BCUT2D eigenvalue weighted by Gasteiger charge is 2.61. The average Bonchev–Trinajstić information content (AvgIpc) is 1.40. The highest BCUT2D eigenvalue weighted by atomic mass is 16.5. The van der Waals surface area contributed by atoms with Crippen molar-refractivity contribution in [3.63, 3.8) is 0 Å². The van der Waals surface area contributed by atoms with Gasteiger partial charge in [-0.2, -0.15) is 0 Å². The minimum Gasteiger partial charge on any atom is -0.380 e. The summed E-state index contributed by atoms with van der Waals surface area (Å²) in [5, 5.41) is 0. The van der Waals surface area contributed by atoms with Crippen molar-refractivity contribution in [2.24, 2.45) is 146 Å². The Morgan fingerprint density at radius 2 is 0.288 bits per heavy atom. The van der Waals surface area contributed by atoms with E-state index in [1.54, 1.807) is 0 Å². The molecule has 6 aliphatic carbocycles. The van der Waals surface area contributed by atoms with Gasteiger partial charge in [0.1, 0.15) is 0 Å². The van der Waals surface area contributed by atoms with Crippen molar-refractivity contribution >= 4 is 0 Å². The molecule has 0 spiro atoms. The van der Waals surface area contributed by atoms with E-state index < -0.39 is 0 Å². The summed E-state index contributed by atoms with van der Waals surface area (Å²) >= 11 is 0. The molecule has 0 aromatic carbocycles. The minimum atomic E-state index is 0.351. The third kappa shape index (κ3) is 29.9. The number of ether oxygens (including phenoxy) is 3. The van der Waals surface area contributed by atoms with Gasteiger partial charge in [-0.25, -0.2) is 0 Å². The normalized spacial score (nSPS) is 22.9. The topological polar surface area (TPSA) is 27.7 Å². The largest absolute Gasteiger partial charge is 0.380 e. The summed E-state index contributed by atoms with van der Waals surface area (Å²) in [6.07, 6.45) is 29.8. The maximum absolute atomic E-state index is 5.41. The van der Waals surface area contributed by atoms with Crippen LogP contribution >= 0.6 is 0 Å². The quantitative estimate of drug-likeness (QED) is 0.265. The van der Waals surface area contributed by atoms with Gasteiger partial charge in [0.15, 0.2) is 0 Å². The van der Waals surface area contributed by atoms with Crippen LogP contribution in [0.25, 0.3) is 0 Å². The van der Waals surface area contributed by atoms with Crippen LogP contribution in [0, 0.1) is 146 Å². The molecule has 0 amide bonds. The summed E-state index contributed by atoms with van der Waals surface area (Å²) in [6, 6.07) is 0. The van der Waals surface area contributed by atoms with Crippen molar-refractivity contribution in [2.75, 3.05) is 39.6 Å². The Hall–Kier alpha value is -0.120. The van der Waals surface area contributed by atoms with Crippen LogP contribution in [-0.4, -0.2) is 39.6 Å². The van der Waals surface area contributed by atoms with E-state index in [1.165, 1.54) is 135 Å². The Kier molecular flexibility index (Phi) is 34.7. The van der Waals surface area contributed by atoms with Crippen LogP contribution in [0.15, 0.2) is 0 Å². The first kappa shape index (κ1) is 109. The molecule has 0 aromatic rings. The molecule has 6 saturated carbocycles. The Morgan fingerprint density at radius 1 is 0.144 bits per heavy atom. The summed E-state index contributed by atoms with van der Waals surface area (Å²) < 4.78 is 16.2. The molecule has 111 heavy (non-hydrogen) atoms. The molecule has 0 N–H and O–H groups in total. The van der Waals surface area contributed by atoms with Gasteiger partial charge in [-0.05, 0) is 246 Å². The van der Waals surface area contributed by atoms with Gasteiger partial charge in [0.2, 0.25) is 0 Å². The maximum atomic E-state index is 5.41. The third-order valence-electron chi connectivity index (χ3n) is 31.9. The van der Waals surface area contributed by atoms with Gasteiger partial charge in [-0.15, -0.1) is 0 Å². The molecular weight excluding hydrogens is 1350 g/mol. The molecule has 3 nitrogen and oxygen atoms in total. The monoisotopic (exact) mass is 1560 g/mol. The highest BCUT2D eigenvalue weighted by molar-refractivity contribution is 5.10. The molecule has 3 saturated heterocycles. The molecule has 3 heterocycles. The molecule has 9 aliphatic rings. The second-order valence-corrected chi connectivity index (χ2v) is 59.9. The predicted octanol–water partition coefficient (Wildman–Crippen LogP) is 35.9. The van der Waals surface area contributed by atoms with Crippen LogP contribution in [-0.2, 0) is 14.2 Å². The van der Waals surface area contributed by atoms with Gasteiger partial charge in [0, 0.05) is 16.2 Å². The summed E-state index contributed by atoms with van der Waals surface area (Å²) in [4.78, 5) is 0. The highest BCUT2D eigenvalue weighted by Crippen LogP contribution is 2.69.